The van der Waals surface area contributed by atoms with Gasteiger partial charge in [-0.05, 0) is 47.1 Å². The van der Waals surface area contributed by atoms with Crippen molar-refractivity contribution >= 4 is 11.3 Å². The maximum Gasteiger partial charge on any atom is 0.0446 e. The number of hydrogen-bond donors (Lipinski definition) is 1. The number of rotatable bonds is 1. The van der Waals surface area contributed by atoms with Gasteiger partial charge in [0.05, 0.1) is 0 Å². The topological polar surface area (TPSA) is 26.0 Å². The van der Waals surface area contributed by atoms with Gasteiger partial charge in [0.2, 0.25) is 0 Å². The molecule has 1 nitrogen and oxygen atoms in total. The van der Waals surface area contributed by atoms with Crippen molar-refractivity contribution in [1.29, 1.82) is 0 Å². The van der Waals surface area contributed by atoms with Gasteiger partial charge in [-0.25, -0.2) is 0 Å². The molecule has 1 saturated carbocycles. The summed E-state index contributed by atoms with van der Waals surface area (Å²) in [6.07, 6.45) is 3.75. The molecule has 0 amide bonds. The minimum absolute atomic E-state index is 0.0579. The summed E-state index contributed by atoms with van der Waals surface area (Å²) >= 11 is 1.76. The molecule has 0 spiro atoms. The fourth-order valence-electron chi connectivity index (χ4n) is 2.60. The number of thiophene rings is 1. The average Bonchev–Trinajstić information content (AvgIpc) is 2.65. The van der Waals surface area contributed by atoms with Gasteiger partial charge < -0.3 is 5.73 Å². The van der Waals surface area contributed by atoms with Crippen LogP contribution in [0.1, 0.15) is 38.7 Å². The van der Waals surface area contributed by atoms with Crippen molar-refractivity contribution < 1.29 is 0 Å². The van der Waals surface area contributed by atoms with Gasteiger partial charge in [-0.1, -0.05) is 20.3 Å². The van der Waals surface area contributed by atoms with Crippen molar-refractivity contribution in [3.05, 3.63) is 22.4 Å². The summed E-state index contributed by atoms with van der Waals surface area (Å²) in [4.78, 5) is 0. The first kappa shape index (κ1) is 10.2. The molecule has 2 N–H and O–H groups in total. The van der Waals surface area contributed by atoms with Crippen molar-refractivity contribution in [3.8, 4) is 0 Å². The Morgan fingerprint density at radius 2 is 2.21 bits per heavy atom. The second-order valence-electron chi connectivity index (χ2n) is 4.84. The first-order chi connectivity index (χ1) is 6.63. The molecule has 14 heavy (non-hydrogen) atoms. The molecule has 1 fully saturated rings. The summed E-state index contributed by atoms with van der Waals surface area (Å²) in [5, 5.41) is 4.35. The van der Waals surface area contributed by atoms with E-state index >= 15 is 0 Å². The van der Waals surface area contributed by atoms with E-state index in [2.05, 4.69) is 30.7 Å². The Bertz CT molecular complexity index is 293. The third kappa shape index (κ3) is 1.61. The maximum atomic E-state index is 6.57. The standard InChI is InChI=1S/C12H19NS/c1-9-3-4-10(2)12(13,7-9)11-5-6-14-8-11/h5-6,8-10H,3-4,7,13H2,1-2H3. The molecular weight excluding hydrogens is 190 g/mol. The van der Waals surface area contributed by atoms with Crippen LogP contribution in [-0.4, -0.2) is 0 Å². The highest BCUT2D eigenvalue weighted by Gasteiger charge is 2.38. The zero-order chi connectivity index (χ0) is 10.2. The van der Waals surface area contributed by atoms with Crippen molar-refractivity contribution in [2.75, 3.05) is 0 Å². The molecule has 3 unspecified atom stereocenters. The highest BCUT2D eigenvalue weighted by molar-refractivity contribution is 7.08. The molecule has 78 valence electrons. The quantitative estimate of drug-likeness (QED) is 0.754. The van der Waals surface area contributed by atoms with Crippen LogP contribution in [0.5, 0.6) is 0 Å². The van der Waals surface area contributed by atoms with Crippen molar-refractivity contribution in [1.82, 2.24) is 0 Å². The van der Waals surface area contributed by atoms with Gasteiger partial charge in [0.15, 0.2) is 0 Å². The van der Waals surface area contributed by atoms with Gasteiger partial charge >= 0.3 is 0 Å². The summed E-state index contributed by atoms with van der Waals surface area (Å²) in [6, 6.07) is 2.19. The highest BCUT2D eigenvalue weighted by atomic mass is 32.1. The fraction of sp³-hybridized carbons (Fsp3) is 0.667. The summed E-state index contributed by atoms with van der Waals surface area (Å²) in [5.41, 5.74) is 7.86. The number of nitrogens with two attached hydrogens (primary N) is 1. The molecule has 0 aliphatic heterocycles. The third-order valence-electron chi connectivity index (χ3n) is 3.72. The Morgan fingerprint density at radius 1 is 1.43 bits per heavy atom. The highest BCUT2D eigenvalue weighted by Crippen LogP contribution is 2.42. The smallest absolute Gasteiger partial charge is 0.0446 e. The zero-order valence-electron chi connectivity index (χ0n) is 8.99. The second kappa shape index (κ2) is 3.67. The molecule has 1 aromatic rings. The molecular formula is C12H19NS. The van der Waals surface area contributed by atoms with E-state index in [1.165, 1.54) is 18.4 Å². The first-order valence-electron chi connectivity index (χ1n) is 5.44. The van der Waals surface area contributed by atoms with E-state index in [4.69, 9.17) is 5.73 Å². The lowest BCUT2D eigenvalue weighted by atomic mass is 9.68. The van der Waals surface area contributed by atoms with Crippen LogP contribution >= 0.6 is 11.3 Å². The van der Waals surface area contributed by atoms with Gasteiger partial charge in [0.1, 0.15) is 0 Å². The van der Waals surface area contributed by atoms with Crippen molar-refractivity contribution in [3.63, 3.8) is 0 Å². The maximum absolute atomic E-state index is 6.57. The summed E-state index contributed by atoms with van der Waals surface area (Å²) in [7, 11) is 0. The van der Waals surface area contributed by atoms with Crippen LogP contribution in [0.15, 0.2) is 16.8 Å². The van der Waals surface area contributed by atoms with E-state index in [1.54, 1.807) is 11.3 Å². The van der Waals surface area contributed by atoms with Gasteiger partial charge in [-0.2, -0.15) is 11.3 Å². The Hall–Kier alpha value is -0.340. The molecule has 1 heterocycles. The van der Waals surface area contributed by atoms with E-state index in [-0.39, 0.29) is 5.54 Å². The van der Waals surface area contributed by atoms with E-state index in [0.717, 1.165) is 12.3 Å². The molecule has 0 saturated heterocycles. The van der Waals surface area contributed by atoms with E-state index in [0.29, 0.717) is 5.92 Å². The Balaban J connectivity index is 2.28. The largest absolute Gasteiger partial charge is 0.321 e. The number of hydrogen-bond acceptors (Lipinski definition) is 2. The van der Waals surface area contributed by atoms with Gasteiger partial charge in [-0.3, -0.25) is 0 Å². The molecule has 0 radical (unpaired) electrons. The monoisotopic (exact) mass is 209 g/mol. The minimum atomic E-state index is -0.0579. The van der Waals surface area contributed by atoms with Gasteiger partial charge in [0.25, 0.3) is 0 Å². The molecule has 1 aliphatic rings. The molecule has 0 bridgehead atoms. The van der Waals surface area contributed by atoms with Crippen LogP contribution < -0.4 is 5.73 Å². The van der Waals surface area contributed by atoms with Gasteiger partial charge in [-0.15, -0.1) is 0 Å². The van der Waals surface area contributed by atoms with Crippen LogP contribution in [0.2, 0.25) is 0 Å². The van der Waals surface area contributed by atoms with Crippen LogP contribution in [0, 0.1) is 11.8 Å². The SMILES string of the molecule is CC1CCC(C)C(N)(c2ccsc2)C1. The molecule has 0 aromatic carbocycles. The first-order valence-corrected chi connectivity index (χ1v) is 6.39. The van der Waals surface area contributed by atoms with Gasteiger partial charge in [0, 0.05) is 5.54 Å². The van der Waals surface area contributed by atoms with Crippen LogP contribution in [0.4, 0.5) is 0 Å². The van der Waals surface area contributed by atoms with Crippen LogP contribution in [0.25, 0.3) is 0 Å². The van der Waals surface area contributed by atoms with E-state index < -0.39 is 0 Å². The zero-order valence-corrected chi connectivity index (χ0v) is 9.81. The second-order valence-corrected chi connectivity index (χ2v) is 5.62. The lowest BCUT2D eigenvalue weighted by Crippen LogP contribution is -2.46. The predicted molar refractivity (Wildman–Crippen MR) is 62.4 cm³/mol. The Morgan fingerprint density at radius 3 is 2.86 bits per heavy atom. The normalized spacial score (nSPS) is 38.5. The average molecular weight is 209 g/mol. The lowest BCUT2D eigenvalue weighted by molar-refractivity contribution is 0.162. The molecule has 1 aromatic heterocycles. The lowest BCUT2D eigenvalue weighted by Gasteiger charge is -2.42. The summed E-state index contributed by atoms with van der Waals surface area (Å²) < 4.78 is 0. The minimum Gasteiger partial charge on any atom is -0.321 e. The third-order valence-corrected chi connectivity index (χ3v) is 4.40. The van der Waals surface area contributed by atoms with E-state index in [9.17, 15) is 0 Å². The van der Waals surface area contributed by atoms with Crippen LogP contribution in [-0.2, 0) is 5.54 Å². The predicted octanol–water partition coefficient (Wildman–Crippen LogP) is 3.36. The Labute approximate surface area is 90.3 Å². The molecule has 2 rings (SSSR count). The van der Waals surface area contributed by atoms with Crippen molar-refractivity contribution in [2.24, 2.45) is 17.6 Å². The van der Waals surface area contributed by atoms with E-state index in [1.807, 2.05) is 0 Å². The fourth-order valence-corrected chi connectivity index (χ4v) is 3.35. The molecule has 1 aliphatic carbocycles. The summed E-state index contributed by atoms with van der Waals surface area (Å²) in [5.74, 6) is 1.39. The molecule has 2 heteroatoms. The summed E-state index contributed by atoms with van der Waals surface area (Å²) in [6.45, 7) is 4.61. The molecule has 3 atom stereocenters. The van der Waals surface area contributed by atoms with Crippen LogP contribution in [0.3, 0.4) is 0 Å². The van der Waals surface area contributed by atoms with Crippen molar-refractivity contribution in [2.45, 2.75) is 38.6 Å². The Kier molecular flexibility index (Phi) is 2.67.